The van der Waals surface area contributed by atoms with Crippen LogP contribution in [0.3, 0.4) is 0 Å². The van der Waals surface area contributed by atoms with Gasteiger partial charge in [-0.2, -0.15) is 0 Å². The molecule has 2 fully saturated rings. The molecule has 6 heteroatoms. The van der Waals surface area contributed by atoms with E-state index in [-0.39, 0.29) is 29.5 Å². The molecule has 5 nitrogen and oxygen atoms in total. The highest BCUT2D eigenvalue weighted by Gasteiger charge is 2.36. The van der Waals surface area contributed by atoms with Crippen molar-refractivity contribution in [1.29, 1.82) is 0 Å². The highest BCUT2D eigenvalue weighted by Crippen LogP contribution is 2.33. The average molecular weight is 347 g/mol. The molecule has 3 rings (SSSR count). The normalized spacial score (nSPS) is 24.3. The van der Waals surface area contributed by atoms with Gasteiger partial charge in [0.2, 0.25) is 11.8 Å². The van der Waals surface area contributed by atoms with Crippen LogP contribution in [0.4, 0.5) is 10.1 Å². The first-order valence-electron chi connectivity index (χ1n) is 9.13. The molecule has 1 aromatic carbocycles. The molecule has 25 heavy (non-hydrogen) atoms. The molecule has 1 saturated carbocycles. The number of amides is 2. The van der Waals surface area contributed by atoms with E-state index in [4.69, 9.17) is 5.73 Å². The monoisotopic (exact) mass is 347 g/mol. The maximum absolute atomic E-state index is 12.9. The third kappa shape index (κ3) is 4.18. The Morgan fingerprint density at radius 3 is 2.44 bits per heavy atom. The van der Waals surface area contributed by atoms with Crippen molar-refractivity contribution >= 4 is 17.5 Å². The topological polar surface area (TPSA) is 75.4 Å². The van der Waals surface area contributed by atoms with Crippen molar-refractivity contribution in [3.05, 3.63) is 30.1 Å². The Balaban J connectivity index is 1.50. The minimum atomic E-state index is -0.326. The van der Waals surface area contributed by atoms with E-state index in [1.54, 1.807) is 12.1 Å². The molecule has 1 saturated heterocycles. The molecule has 0 aromatic heterocycles. The number of nitrogens with one attached hydrogen (secondary N) is 1. The van der Waals surface area contributed by atoms with Gasteiger partial charge in [-0.15, -0.1) is 0 Å². The second kappa shape index (κ2) is 7.95. The number of rotatable bonds is 4. The lowest BCUT2D eigenvalue weighted by molar-refractivity contribution is -0.139. The second-order valence-electron chi connectivity index (χ2n) is 7.13. The van der Waals surface area contributed by atoms with E-state index in [9.17, 15) is 14.0 Å². The van der Waals surface area contributed by atoms with Crippen LogP contribution in [0.5, 0.6) is 0 Å². The summed E-state index contributed by atoms with van der Waals surface area (Å²) in [5.74, 6) is 0.0989. The zero-order valence-electron chi connectivity index (χ0n) is 14.4. The van der Waals surface area contributed by atoms with Crippen LogP contribution >= 0.6 is 0 Å². The Labute approximate surface area is 147 Å². The largest absolute Gasteiger partial charge is 0.342 e. The maximum Gasteiger partial charge on any atom is 0.227 e. The molecule has 1 aliphatic heterocycles. The zero-order valence-corrected chi connectivity index (χ0v) is 14.4. The fraction of sp³-hybridized carbons (Fsp3) is 0.579. The lowest BCUT2D eigenvalue weighted by Crippen LogP contribution is -2.45. The first kappa shape index (κ1) is 17.9. The Morgan fingerprint density at radius 2 is 1.80 bits per heavy atom. The van der Waals surface area contributed by atoms with Crippen LogP contribution in [0.2, 0.25) is 0 Å². The molecule has 1 aliphatic carbocycles. The SMILES string of the molecule is NC[C@H]1CCC[C@H]1C(=O)N1CCC(C(=O)Nc2ccc(F)cc2)CC1. The fourth-order valence-electron chi connectivity index (χ4n) is 4.02. The van der Waals surface area contributed by atoms with E-state index in [1.165, 1.54) is 12.1 Å². The van der Waals surface area contributed by atoms with Gasteiger partial charge >= 0.3 is 0 Å². The Hall–Kier alpha value is -1.95. The second-order valence-corrected chi connectivity index (χ2v) is 7.13. The number of carbonyl (C=O) groups excluding carboxylic acids is 2. The van der Waals surface area contributed by atoms with Gasteiger partial charge in [0, 0.05) is 30.6 Å². The molecule has 3 N–H and O–H groups in total. The van der Waals surface area contributed by atoms with Crippen LogP contribution in [-0.2, 0) is 9.59 Å². The fourth-order valence-corrected chi connectivity index (χ4v) is 4.02. The van der Waals surface area contributed by atoms with E-state index in [1.807, 2.05) is 4.90 Å². The smallest absolute Gasteiger partial charge is 0.227 e. The van der Waals surface area contributed by atoms with Crippen molar-refractivity contribution in [3.8, 4) is 0 Å². The summed E-state index contributed by atoms with van der Waals surface area (Å²) in [6.07, 6.45) is 4.39. The predicted molar refractivity (Wildman–Crippen MR) is 94.2 cm³/mol. The number of anilines is 1. The first-order valence-corrected chi connectivity index (χ1v) is 9.13. The van der Waals surface area contributed by atoms with Gasteiger partial charge in [-0.1, -0.05) is 6.42 Å². The minimum absolute atomic E-state index is 0.0561. The van der Waals surface area contributed by atoms with Gasteiger partial charge in [0.25, 0.3) is 0 Å². The predicted octanol–water partition coefficient (Wildman–Crippen LogP) is 2.38. The van der Waals surface area contributed by atoms with Gasteiger partial charge < -0.3 is 16.0 Å². The number of hydrogen-bond acceptors (Lipinski definition) is 3. The van der Waals surface area contributed by atoms with E-state index >= 15 is 0 Å². The molecule has 2 atom stereocenters. The Bertz CT molecular complexity index is 612. The van der Waals surface area contributed by atoms with Gasteiger partial charge in [0.05, 0.1) is 0 Å². The van der Waals surface area contributed by atoms with Crippen molar-refractivity contribution in [2.75, 3.05) is 25.0 Å². The highest BCUT2D eigenvalue weighted by atomic mass is 19.1. The standard InChI is InChI=1S/C19H26FN3O2/c20-15-4-6-16(7-5-15)22-18(24)13-8-10-23(11-9-13)19(25)17-3-1-2-14(17)12-21/h4-7,13-14,17H,1-3,8-12,21H2,(H,22,24)/t14-,17-/m1/s1. The highest BCUT2D eigenvalue weighted by molar-refractivity contribution is 5.92. The maximum atomic E-state index is 12.9. The van der Waals surface area contributed by atoms with Gasteiger partial charge in [-0.05, 0) is 62.4 Å². The molecule has 1 aromatic rings. The quantitative estimate of drug-likeness (QED) is 0.878. The van der Waals surface area contributed by atoms with E-state index < -0.39 is 0 Å². The summed E-state index contributed by atoms with van der Waals surface area (Å²) in [4.78, 5) is 27.0. The third-order valence-electron chi connectivity index (χ3n) is 5.57. The van der Waals surface area contributed by atoms with Crippen molar-refractivity contribution in [3.63, 3.8) is 0 Å². The minimum Gasteiger partial charge on any atom is -0.342 e. The number of likely N-dealkylation sites (tertiary alicyclic amines) is 1. The molecule has 0 unspecified atom stereocenters. The summed E-state index contributed by atoms with van der Waals surface area (Å²) in [6.45, 7) is 1.81. The third-order valence-corrected chi connectivity index (χ3v) is 5.57. The number of benzene rings is 1. The average Bonchev–Trinajstić information content (AvgIpc) is 3.12. The molecule has 0 spiro atoms. The summed E-state index contributed by atoms with van der Waals surface area (Å²) in [6, 6.07) is 5.76. The van der Waals surface area contributed by atoms with Crippen LogP contribution in [0.15, 0.2) is 24.3 Å². The summed E-state index contributed by atoms with van der Waals surface area (Å²) in [7, 11) is 0. The molecular formula is C19H26FN3O2. The van der Waals surface area contributed by atoms with Crippen molar-refractivity contribution in [1.82, 2.24) is 4.90 Å². The molecule has 0 radical (unpaired) electrons. The van der Waals surface area contributed by atoms with Gasteiger partial charge in [0.1, 0.15) is 5.82 Å². The Morgan fingerprint density at radius 1 is 1.12 bits per heavy atom. The lowest BCUT2D eigenvalue weighted by Gasteiger charge is -2.34. The first-order chi connectivity index (χ1) is 12.1. The van der Waals surface area contributed by atoms with Crippen molar-refractivity contribution < 1.29 is 14.0 Å². The summed E-state index contributed by atoms with van der Waals surface area (Å²) in [5, 5.41) is 2.83. The van der Waals surface area contributed by atoms with Crippen molar-refractivity contribution in [2.24, 2.45) is 23.5 Å². The molecule has 136 valence electrons. The van der Waals surface area contributed by atoms with Crippen LogP contribution in [0.25, 0.3) is 0 Å². The number of nitrogens with zero attached hydrogens (tertiary/aromatic N) is 1. The van der Waals surface area contributed by atoms with Crippen LogP contribution in [0, 0.1) is 23.6 Å². The van der Waals surface area contributed by atoms with E-state index in [0.29, 0.717) is 44.1 Å². The van der Waals surface area contributed by atoms with E-state index in [2.05, 4.69) is 5.32 Å². The van der Waals surface area contributed by atoms with Crippen molar-refractivity contribution in [2.45, 2.75) is 32.1 Å². The number of piperidine rings is 1. The molecule has 2 aliphatic rings. The van der Waals surface area contributed by atoms with Crippen LogP contribution in [0.1, 0.15) is 32.1 Å². The molecule has 0 bridgehead atoms. The lowest BCUT2D eigenvalue weighted by atomic mass is 9.91. The Kier molecular flexibility index (Phi) is 5.68. The number of halogens is 1. The molecule has 1 heterocycles. The zero-order chi connectivity index (χ0) is 17.8. The van der Waals surface area contributed by atoms with Crippen LogP contribution in [-0.4, -0.2) is 36.3 Å². The van der Waals surface area contributed by atoms with Gasteiger partial charge in [-0.3, -0.25) is 9.59 Å². The molecular weight excluding hydrogens is 321 g/mol. The number of nitrogens with two attached hydrogens (primary N) is 1. The molecule has 2 amide bonds. The summed E-state index contributed by atoms with van der Waals surface area (Å²) < 4.78 is 12.9. The van der Waals surface area contributed by atoms with E-state index in [0.717, 1.165) is 19.3 Å². The van der Waals surface area contributed by atoms with Gasteiger partial charge in [0.15, 0.2) is 0 Å². The summed E-state index contributed by atoms with van der Waals surface area (Å²) in [5.41, 5.74) is 6.39. The van der Waals surface area contributed by atoms with Gasteiger partial charge in [-0.25, -0.2) is 4.39 Å². The number of hydrogen-bond donors (Lipinski definition) is 2. The summed E-state index contributed by atoms with van der Waals surface area (Å²) >= 11 is 0. The van der Waals surface area contributed by atoms with Crippen LogP contribution < -0.4 is 11.1 Å². The number of carbonyl (C=O) groups is 2.